The number of carbonyl (C=O) groups is 1. The van der Waals surface area contributed by atoms with Crippen LogP contribution in [0.3, 0.4) is 0 Å². The SMILES string of the molecule is CCNC(=NCCN(CC)c1cccc(C)c1)N1CCC(CC(=O)NC)CC1. The molecule has 2 N–H and O–H groups in total. The zero-order valence-electron chi connectivity index (χ0n) is 18.0. The van der Waals surface area contributed by atoms with Gasteiger partial charge in [-0.1, -0.05) is 12.1 Å². The van der Waals surface area contributed by atoms with Gasteiger partial charge in [0.25, 0.3) is 0 Å². The number of rotatable bonds is 8. The number of amides is 1. The number of carbonyl (C=O) groups excluding carboxylic acids is 1. The normalized spacial score (nSPS) is 15.4. The van der Waals surface area contributed by atoms with Crippen LogP contribution in [0.5, 0.6) is 0 Å². The third-order valence-electron chi connectivity index (χ3n) is 5.38. The van der Waals surface area contributed by atoms with Crippen molar-refractivity contribution in [1.82, 2.24) is 15.5 Å². The first-order valence-corrected chi connectivity index (χ1v) is 10.6. The molecule has 1 heterocycles. The van der Waals surface area contributed by atoms with Gasteiger partial charge in [-0.2, -0.15) is 0 Å². The summed E-state index contributed by atoms with van der Waals surface area (Å²) in [6, 6.07) is 8.65. The first-order valence-electron chi connectivity index (χ1n) is 10.6. The molecule has 6 heteroatoms. The van der Waals surface area contributed by atoms with E-state index in [-0.39, 0.29) is 5.91 Å². The topological polar surface area (TPSA) is 60.0 Å². The van der Waals surface area contributed by atoms with Crippen molar-refractivity contribution in [3.05, 3.63) is 29.8 Å². The molecule has 0 atom stereocenters. The minimum atomic E-state index is 0.148. The number of likely N-dealkylation sites (tertiary alicyclic amines) is 1. The summed E-state index contributed by atoms with van der Waals surface area (Å²) >= 11 is 0. The van der Waals surface area contributed by atoms with Crippen LogP contribution in [0.1, 0.15) is 38.7 Å². The van der Waals surface area contributed by atoms with Crippen molar-refractivity contribution in [1.29, 1.82) is 0 Å². The highest BCUT2D eigenvalue weighted by molar-refractivity contribution is 5.80. The number of hydrogen-bond acceptors (Lipinski definition) is 3. The third kappa shape index (κ3) is 6.73. The van der Waals surface area contributed by atoms with Crippen LogP contribution in [-0.4, -0.2) is 63.1 Å². The number of nitrogens with zero attached hydrogens (tertiary/aromatic N) is 3. The Morgan fingerprint density at radius 2 is 2.04 bits per heavy atom. The zero-order valence-corrected chi connectivity index (χ0v) is 18.0. The molecule has 0 aliphatic carbocycles. The molecule has 0 unspecified atom stereocenters. The van der Waals surface area contributed by atoms with E-state index in [1.807, 2.05) is 0 Å². The fourth-order valence-electron chi connectivity index (χ4n) is 3.71. The maximum absolute atomic E-state index is 11.6. The number of likely N-dealkylation sites (N-methyl/N-ethyl adjacent to an activating group) is 1. The molecule has 0 spiro atoms. The highest BCUT2D eigenvalue weighted by atomic mass is 16.1. The van der Waals surface area contributed by atoms with Gasteiger partial charge in [-0.05, 0) is 57.2 Å². The van der Waals surface area contributed by atoms with E-state index in [0.717, 1.165) is 58.1 Å². The lowest BCUT2D eigenvalue weighted by Gasteiger charge is -2.34. The van der Waals surface area contributed by atoms with Gasteiger partial charge in [0.05, 0.1) is 6.54 Å². The number of benzene rings is 1. The Labute approximate surface area is 170 Å². The van der Waals surface area contributed by atoms with Gasteiger partial charge < -0.3 is 20.4 Å². The van der Waals surface area contributed by atoms with E-state index in [4.69, 9.17) is 4.99 Å². The van der Waals surface area contributed by atoms with E-state index in [1.165, 1.54) is 11.3 Å². The van der Waals surface area contributed by atoms with Crippen LogP contribution < -0.4 is 15.5 Å². The molecule has 28 heavy (non-hydrogen) atoms. The lowest BCUT2D eigenvalue weighted by atomic mass is 9.93. The van der Waals surface area contributed by atoms with Gasteiger partial charge in [-0.15, -0.1) is 0 Å². The molecule has 0 saturated carbocycles. The van der Waals surface area contributed by atoms with Crippen LogP contribution in [0.4, 0.5) is 5.69 Å². The minimum Gasteiger partial charge on any atom is -0.370 e. The fraction of sp³-hybridized carbons (Fsp3) is 0.636. The maximum atomic E-state index is 11.6. The second-order valence-corrected chi connectivity index (χ2v) is 7.46. The predicted molar refractivity (Wildman–Crippen MR) is 118 cm³/mol. The molecule has 0 radical (unpaired) electrons. The van der Waals surface area contributed by atoms with Crippen molar-refractivity contribution >= 4 is 17.6 Å². The number of aliphatic imine (C=N–C) groups is 1. The summed E-state index contributed by atoms with van der Waals surface area (Å²) in [5, 5.41) is 6.17. The van der Waals surface area contributed by atoms with Crippen molar-refractivity contribution in [2.45, 2.75) is 40.0 Å². The second-order valence-electron chi connectivity index (χ2n) is 7.46. The first-order chi connectivity index (χ1) is 13.6. The summed E-state index contributed by atoms with van der Waals surface area (Å²) in [7, 11) is 1.71. The lowest BCUT2D eigenvalue weighted by Crippen LogP contribution is -2.46. The van der Waals surface area contributed by atoms with Gasteiger partial charge in [-0.25, -0.2) is 0 Å². The van der Waals surface area contributed by atoms with Crippen molar-refractivity contribution in [2.75, 3.05) is 51.2 Å². The van der Waals surface area contributed by atoms with E-state index in [9.17, 15) is 4.79 Å². The standard InChI is InChI=1S/C22H37N5O/c1-5-24-22(27-13-10-19(11-14-27)17-21(28)23-4)25-12-15-26(6-2)20-9-7-8-18(3)16-20/h7-9,16,19H,5-6,10-15,17H2,1-4H3,(H,23,28)(H,24,25). The van der Waals surface area contributed by atoms with Crippen LogP contribution in [-0.2, 0) is 4.79 Å². The molecule has 2 rings (SSSR count). The Balaban J connectivity index is 1.90. The van der Waals surface area contributed by atoms with Gasteiger partial charge in [0.2, 0.25) is 5.91 Å². The van der Waals surface area contributed by atoms with Gasteiger partial charge in [-0.3, -0.25) is 9.79 Å². The monoisotopic (exact) mass is 387 g/mol. The van der Waals surface area contributed by atoms with Crippen LogP contribution >= 0.6 is 0 Å². The zero-order chi connectivity index (χ0) is 20.4. The minimum absolute atomic E-state index is 0.148. The predicted octanol–water partition coefficient (Wildman–Crippen LogP) is 2.63. The summed E-state index contributed by atoms with van der Waals surface area (Å²) in [5.41, 5.74) is 2.55. The molecule has 1 aromatic rings. The molecular weight excluding hydrogens is 350 g/mol. The fourth-order valence-corrected chi connectivity index (χ4v) is 3.71. The van der Waals surface area contributed by atoms with Crippen LogP contribution in [0.15, 0.2) is 29.3 Å². The van der Waals surface area contributed by atoms with E-state index < -0.39 is 0 Å². The highest BCUT2D eigenvalue weighted by Crippen LogP contribution is 2.20. The van der Waals surface area contributed by atoms with E-state index in [2.05, 4.69) is 65.5 Å². The average Bonchev–Trinajstić information content (AvgIpc) is 2.71. The van der Waals surface area contributed by atoms with Crippen LogP contribution in [0, 0.1) is 12.8 Å². The Morgan fingerprint density at radius 1 is 1.29 bits per heavy atom. The molecule has 1 fully saturated rings. The smallest absolute Gasteiger partial charge is 0.220 e. The number of anilines is 1. The van der Waals surface area contributed by atoms with E-state index in [0.29, 0.717) is 12.3 Å². The number of guanidine groups is 1. The van der Waals surface area contributed by atoms with Gasteiger partial charge in [0.1, 0.15) is 0 Å². The highest BCUT2D eigenvalue weighted by Gasteiger charge is 2.23. The lowest BCUT2D eigenvalue weighted by molar-refractivity contribution is -0.121. The molecular formula is C22H37N5O. The Bertz CT molecular complexity index is 638. The van der Waals surface area contributed by atoms with Crippen LogP contribution in [0.25, 0.3) is 0 Å². The summed E-state index contributed by atoms with van der Waals surface area (Å²) in [4.78, 5) is 21.2. The molecule has 1 aromatic carbocycles. The van der Waals surface area contributed by atoms with E-state index in [1.54, 1.807) is 7.05 Å². The van der Waals surface area contributed by atoms with Crippen molar-refractivity contribution < 1.29 is 4.79 Å². The Morgan fingerprint density at radius 3 is 2.64 bits per heavy atom. The van der Waals surface area contributed by atoms with Gasteiger partial charge in [0, 0.05) is 51.9 Å². The summed E-state index contributed by atoms with van der Waals surface area (Å²) in [6.07, 6.45) is 2.73. The quantitative estimate of drug-likeness (QED) is 0.532. The number of nitrogens with one attached hydrogen (secondary N) is 2. The molecule has 0 aromatic heterocycles. The Hall–Kier alpha value is -2.24. The van der Waals surface area contributed by atoms with E-state index >= 15 is 0 Å². The molecule has 1 aliphatic rings. The number of piperidine rings is 1. The maximum Gasteiger partial charge on any atom is 0.220 e. The summed E-state index contributed by atoms with van der Waals surface area (Å²) < 4.78 is 0. The summed E-state index contributed by atoms with van der Waals surface area (Å²) in [6.45, 7) is 11.9. The van der Waals surface area contributed by atoms with Crippen molar-refractivity contribution in [2.24, 2.45) is 10.9 Å². The molecule has 6 nitrogen and oxygen atoms in total. The molecule has 1 amide bonds. The second kappa shape index (κ2) is 11.6. The number of hydrogen-bond donors (Lipinski definition) is 2. The van der Waals surface area contributed by atoms with Gasteiger partial charge in [0.15, 0.2) is 5.96 Å². The first kappa shape index (κ1) is 22.1. The molecule has 1 aliphatic heterocycles. The molecule has 0 bridgehead atoms. The third-order valence-corrected chi connectivity index (χ3v) is 5.38. The molecule has 156 valence electrons. The average molecular weight is 388 g/mol. The Kier molecular flexibility index (Phi) is 9.11. The largest absolute Gasteiger partial charge is 0.370 e. The summed E-state index contributed by atoms with van der Waals surface area (Å²) in [5.74, 6) is 1.63. The molecule has 1 saturated heterocycles. The van der Waals surface area contributed by atoms with Gasteiger partial charge >= 0.3 is 0 Å². The number of aryl methyl sites for hydroxylation is 1. The van der Waals surface area contributed by atoms with Crippen molar-refractivity contribution in [3.8, 4) is 0 Å². The van der Waals surface area contributed by atoms with Crippen LogP contribution in [0.2, 0.25) is 0 Å². The van der Waals surface area contributed by atoms with Crippen molar-refractivity contribution in [3.63, 3.8) is 0 Å².